The average molecular weight is 315 g/mol. The molecule has 0 radical (unpaired) electrons. The predicted octanol–water partition coefficient (Wildman–Crippen LogP) is 2.50. The van der Waals surface area contributed by atoms with Crippen molar-refractivity contribution in [3.8, 4) is 0 Å². The molecular formula is C13H15BrO4. The van der Waals surface area contributed by atoms with Gasteiger partial charge < -0.3 is 9.84 Å². The molecule has 0 saturated heterocycles. The highest BCUT2D eigenvalue weighted by Crippen LogP contribution is 2.15. The molecule has 1 rings (SSSR count). The number of alkyl halides is 1. The Morgan fingerprint density at radius 2 is 1.94 bits per heavy atom. The lowest BCUT2D eigenvalue weighted by molar-refractivity contribution is -0.141. The van der Waals surface area contributed by atoms with Gasteiger partial charge in [-0.15, -0.1) is 0 Å². The van der Waals surface area contributed by atoms with Gasteiger partial charge >= 0.3 is 11.9 Å². The molecule has 1 aromatic carbocycles. The van der Waals surface area contributed by atoms with Gasteiger partial charge in [0.15, 0.2) is 0 Å². The van der Waals surface area contributed by atoms with E-state index in [4.69, 9.17) is 5.11 Å². The molecule has 0 saturated carbocycles. The molecule has 1 N–H and O–H groups in total. The maximum Gasteiger partial charge on any atom is 0.337 e. The smallest absolute Gasteiger partial charge is 0.337 e. The largest absolute Gasteiger partial charge is 0.481 e. The van der Waals surface area contributed by atoms with E-state index in [2.05, 4.69) is 20.7 Å². The Kier molecular flexibility index (Phi) is 5.85. The number of carboxylic acid groups (broad SMARTS) is 1. The number of carboxylic acids is 1. The summed E-state index contributed by atoms with van der Waals surface area (Å²) in [5, 5.41) is 9.71. The van der Waals surface area contributed by atoms with Gasteiger partial charge in [0.2, 0.25) is 0 Å². The molecule has 1 unspecified atom stereocenters. The standard InChI is InChI=1S/C13H15BrO4/c1-18-13(17)10-4-2-9(3-5-10)8-11(6-7-14)12(15)16/h2-5,11H,6-8H2,1H3,(H,15,16). The molecule has 1 aromatic rings. The minimum Gasteiger partial charge on any atom is -0.481 e. The van der Waals surface area contributed by atoms with E-state index < -0.39 is 17.9 Å². The van der Waals surface area contributed by atoms with Gasteiger partial charge in [-0.1, -0.05) is 28.1 Å². The maximum absolute atomic E-state index is 11.2. The summed E-state index contributed by atoms with van der Waals surface area (Å²) in [5.41, 5.74) is 1.37. The van der Waals surface area contributed by atoms with E-state index in [1.807, 2.05) is 0 Å². The van der Waals surface area contributed by atoms with Crippen molar-refractivity contribution in [2.24, 2.45) is 5.92 Å². The van der Waals surface area contributed by atoms with Gasteiger partial charge in [0, 0.05) is 5.33 Å². The van der Waals surface area contributed by atoms with E-state index >= 15 is 0 Å². The molecule has 0 heterocycles. The van der Waals surface area contributed by atoms with Crippen molar-refractivity contribution in [3.05, 3.63) is 35.4 Å². The van der Waals surface area contributed by atoms with Crippen LogP contribution in [-0.4, -0.2) is 29.5 Å². The van der Waals surface area contributed by atoms with E-state index in [9.17, 15) is 9.59 Å². The molecule has 5 heteroatoms. The Hall–Kier alpha value is -1.36. The van der Waals surface area contributed by atoms with Crippen molar-refractivity contribution in [1.82, 2.24) is 0 Å². The third-order valence-corrected chi connectivity index (χ3v) is 3.12. The fourth-order valence-electron chi connectivity index (χ4n) is 1.62. The third kappa shape index (κ3) is 4.14. The minimum absolute atomic E-state index is 0.392. The second-order valence-electron chi connectivity index (χ2n) is 3.91. The number of hydrogen-bond acceptors (Lipinski definition) is 3. The molecule has 0 amide bonds. The molecule has 18 heavy (non-hydrogen) atoms. The molecule has 1 atom stereocenters. The number of esters is 1. The Labute approximate surface area is 114 Å². The van der Waals surface area contributed by atoms with Crippen LogP contribution in [0.5, 0.6) is 0 Å². The lowest BCUT2D eigenvalue weighted by Crippen LogP contribution is -2.17. The van der Waals surface area contributed by atoms with Gasteiger partial charge in [0.05, 0.1) is 18.6 Å². The molecule has 4 nitrogen and oxygen atoms in total. The number of benzene rings is 1. The zero-order valence-electron chi connectivity index (χ0n) is 10.1. The van der Waals surface area contributed by atoms with Crippen LogP contribution in [0.15, 0.2) is 24.3 Å². The quantitative estimate of drug-likeness (QED) is 0.647. The van der Waals surface area contributed by atoms with Crippen LogP contribution < -0.4 is 0 Å². The van der Waals surface area contributed by atoms with Crippen LogP contribution in [0.2, 0.25) is 0 Å². The topological polar surface area (TPSA) is 63.6 Å². The van der Waals surface area contributed by atoms with Crippen molar-refractivity contribution in [3.63, 3.8) is 0 Å². The first-order valence-corrected chi connectivity index (χ1v) is 6.66. The van der Waals surface area contributed by atoms with Crippen LogP contribution in [0.4, 0.5) is 0 Å². The SMILES string of the molecule is COC(=O)c1ccc(CC(CCBr)C(=O)O)cc1. The minimum atomic E-state index is -0.800. The molecular weight excluding hydrogens is 300 g/mol. The second kappa shape index (κ2) is 7.16. The fourth-order valence-corrected chi connectivity index (χ4v) is 2.18. The Morgan fingerprint density at radius 1 is 1.33 bits per heavy atom. The summed E-state index contributed by atoms with van der Waals surface area (Å²) >= 11 is 3.25. The average Bonchev–Trinajstić information content (AvgIpc) is 2.38. The summed E-state index contributed by atoms with van der Waals surface area (Å²) < 4.78 is 4.59. The Bertz CT molecular complexity index is 414. The zero-order valence-corrected chi connectivity index (χ0v) is 11.6. The summed E-state index contributed by atoms with van der Waals surface area (Å²) in [5.74, 6) is -1.60. The maximum atomic E-state index is 11.2. The lowest BCUT2D eigenvalue weighted by Gasteiger charge is -2.10. The Balaban J connectivity index is 2.73. The van der Waals surface area contributed by atoms with Crippen molar-refractivity contribution in [2.45, 2.75) is 12.8 Å². The molecule has 98 valence electrons. The van der Waals surface area contributed by atoms with Crippen molar-refractivity contribution in [1.29, 1.82) is 0 Å². The van der Waals surface area contributed by atoms with E-state index in [1.54, 1.807) is 24.3 Å². The van der Waals surface area contributed by atoms with E-state index in [1.165, 1.54) is 7.11 Å². The number of methoxy groups -OCH3 is 1. The van der Waals surface area contributed by atoms with E-state index in [0.717, 1.165) is 5.56 Å². The van der Waals surface area contributed by atoms with Crippen LogP contribution in [0.25, 0.3) is 0 Å². The van der Waals surface area contributed by atoms with Gasteiger partial charge in [-0.05, 0) is 30.5 Å². The van der Waals surface area contributed by atoms with E-state index in [-0.39, 0.29) is 0 Å². The number of rotatable bonds is 6. The molecule has 0 fully saturated rings. The van der Waals surface area contributed by atoms with Gasteiger partial charge in [-0.2, -0.15) is 0 Å². The molecule has 0 aliphatic rings. The third-order valence-electron chi connectivity index (χ3n) is 2.66. The summed E-state index contributed by atoms with van der Waals surface area (Å²) in [4.78, 5) is 22.3. The summed E-state index contributed by atoms with van der Waals surface area (Å²) in [6, 6.07) is 6.81. The van der Waals surface area contributed by atoms with E-state index in [0.29, 0.717) is 23.7 Å². The lowest BCUT2D eigenvalue weighted by atomic mass is 9.96. The first kappa shape index (κ1) is 14.7. The van der Waals surface area contributed by atoms with Gasteiger partial charge in [0.25, 0.3) is 0 Å². The number of hydrogen-bond donors (Lipinski definition) is 1. The molecule has 0 bridgehead atoms. The molecule has 0 aliphatic carbocycles. The number of aliphatic carboxylic acids is 1. The summed E-state index contributed by atoms with van der Waals surface area (Å²) in [6.45, 7) is 0. The summed E-state index contributed by atoms with van der Waals surface area (Å²) in [6.07, 6.45) is 1.04. The van der Waals surface area contributed by atoms with Crippen molar-refractivity contribution < 1.29 is 19.4 Å². The Morgan fingerprint density at radius 3 is 2.39 bits per heavy atom. The molecule has 0 aromatic heterocycles. The van der Waals surface area contributed by atoms with Gasteiger partial charge in [-0.3, -0.25) is 4.79 Å². The van der Waals surface area contributed by atoms with Crippen molar-refractivity contribution in [2.75, 3.05) is 12.4 Å². The number of halogens is 1. The number of carbonyl (C=O) groups is 2. The number of carbonyl (C=O) groups excluding carboxylic acids is 1. The zero-order chi connectivity index (χ0) is 13.5. The van der Waals surface area contributed by atoms with Gasteiger partial charge in [-0.25, -0.2) is 4.79 Å². The number of ether oxygens (including phenoxy) is 1. The van der Waals surface area contributed by atoms with Crippen molar-refractivity contribution >= 4 is 27.9 Å². The highest BCUT2D eigenvalue weighted by Gasteiger charge is 2.17. The van der Waals surface area contributed by atoms with Crippen LogP contribution in [0.1, 0.15) is 22.3 Å². The highest BCUT2D eigenvalue weighted by atomic mass is 79.9. The summed E-state index contributed by atoms with van der Waals surface area (Å²) in [7, 11) is 1.33. The van der Waals surface area contributed by atoms with Crippen LogP contribution in [0.3, 0.4) is 0 Å². The predicted molar refractivity (Wildman–Crippen MR) is 71.0 cm³/mol. The first-order chi connectivity index (χ1) is 8.58. The van der Waals surface area contributed by atoms with Crippen LogP contribution in [0, 0.1) is 5.92 Å². The van der Waals surface area contributed by atoms with Gasteiger partial charge in [0.1, 0.15) is 0 Å². The van der Waals surface area contributed by atoms with Crippen LogP contribution >= 0.6 is 15.9 Å². The normalized spacial score (nSPS) is 11.9. The van der Waals surface area contributed by atoms with Crippen LogP contribution in [-0.2, 0) is 16.0 Å². The first-order valence-electron chi connectivity index (χ1n) is 5.54. The monoisotopic (exact) mass is 314 g/mol. The fraction of sp³-hybridized carbons (Fsp3) is 0.385. The second-order valence-corrected chi connectivity index (χ2v) is 4.70. The molecule has 0 aliphatic heterocycles. The molecule has 0 spiro atoms. The highest BCUT2D eigenvalue weighted by molar-refractivity contribution is 9.09.